The summed E-state index contributed by atoms with van der Waals surface area (Å²) in [6, 6.07) is 7.68. The quantitative estimate of drug-likeness (QED) is 0.288. The molecule has 0 spiro atoms. The number of carbonyl (C=O) groups excluding carboxylic acids is 1. The number of piperidine rings is 1. The minimum Gasteiger partial charge on any atom is -0.489 e. The Morgan fingerprint density at radius 1 is 1.23 bits per heavy atom. The Kier molecular flexibility index (Phi) is 12.5. The molecule has 1 aromatic carbocycles. The standard InChI is InChI=1S/C22H35ClN4O2.HI/c1-5-17(6-2)21(28)27-13-11-19(12-14-27)26-22(24-4)25-15-16(3)29-20-9-7-18(23)8-10-20;/h7-10,16-17,19H,5-6,11-15H2,1-4H3,(H2,24,25,26);1H. The first-order chi connectivity index (χ1) is 14.0. The van der Waals surface area contributed by atoms with Crippen LogP contribution in [-0.2, 0) is 4.79 Å². The number of rotatable bonds is 8. The van der Waals surface area contributed by atoms with Gasteiger partial charge in [-0.15, -0.1) is 24.0 Å². The lowest BCUT2D eigenvalue weighted by molar-refractivity contribution is -0.136. The second-order valence-corrected chi connectivity index (χ2v) is 8.03. The van der Waals surface area contributed by atoms with Crippen molar-refractivity contribution in [1.82, 2.24) is 15.5 Å². The molecule has 0 aliphatic carbocycles. The van der Waals surface area contributed by atoms with E-state index in [0.717, 1.165) is 50.5 Å². The molecule has 1 unspecified atom stereocenters. The van der Waals surface area contributed by atoms with E-state index in [1.54, 1.807) is 7.05 Å². The zero-order valence-corrected chi connectivity index (χ0v) is 21.6. The third-order valence-corrected chi connectivity index (χ3v) is 5.67. The van der Waals surface area contributed by atoms with E-state index in [2.05, 4.69) is 29.5 Å². The van der Waals surface area contributed by atoms with Gasteiger partial charge < -0.3 is 20.3 Å². The van der Waals surface area contributed by atoms with Crippen LogP contribution in [0.5, 0.6) is 5.75 Å². The summed E-state index contributed by atoms with van der Waals surface area (Å²) in [6.45, 7) is 8.44. The molecular formula is C22H36ClIN4O2. The van der Waals surface area contributed by atoms with Crippen LogP contribution in [0.4, 0.5) is 0 Å². The number of hydrogen-bond acceptors (Lipinski definition) is 3. The van der Waals surface area contributed by atoms with E-state index in [1.165, 1.54) is 0 Å². The van der Waals surface area contributed by atoms with E-state index in [4.69, 9.17) is 16.3 Å². The van der Waals surface area contributed by atoms with Crippen molar-refractivity contribution in [2.24, 2.45) is 10.9 Å². The largest absolute Gasteiger partial charge is 0.489 e. The second kappa shape index (κ2) is 14.0. The summed E-state index contributed by atoms with van der Waals surface area (Å²) in [5, 5.41) is 7.50. The smallest absolute Gasteiger partial charge is 0.225 e. The maximum absolute atomic E-state index is 12.5. The minimum atomic E-state index is -0.0192. The van der Waals surface area contributed by atoms with Gasteiger partial charge in [-0.3, -0.25) is 9.79 Å². The fourth-order valence-corrected chi connectivity index (χ4v) is 3.68. The van der Waals surface area contributed by atoms with Gasteiger partial charge in [0.05, 0.1) is 6.54 Å². The van der Waals surface area contributed by atoms with Crippen LogP contribution in [0.25, 0.3) is 0 Å². The highest BCUT2D eigenvalue weighted by atomic mass is 127. The van der Waals surface area contributed by atoms with Crippen molar-refractivity contribution < 1.29 is 9.53 Å². The second-order valence-electron chi connectivity index (χ2n) is 7.59. The average Bonchev–Trinajstić information content (AvgIpc) is 2.74. The average molecular weight is 551 g/mol. The van der Waals surface area contributed by atoms with Gasteiger partial charge in [0.1, 0.15) is 11.9 Å². The molecule has 2 N–H and O–H groups in total. The third-order valence-electron chi connectivity index (χ3n) is 5.41. The van der Waals surface area contributed by atoms with Crippen LogP contribution in [-0.4, -0.2) is 55.6 Å². The number of guanidine groups is 1. The predicted octanol–water partition coefficient (Wildman–Crippen LogP) is 4.32. The summed E-state index contributed by atoms with van der Waals surface area (Å²) in [4.78, 5) is 18.9. The van der Waals surface area contributed by atoms with Gasteiger partial charge in [0, 0.05) is 37.1 Å². The van der Waals surface area contributed by atoms with Crippen LogP contribution in [0.15, 0.2) is 29.3 Å². The van der Waals surface area contributed by atoms with Crippen molar-refractivity contribution in [2.45, 2.75) is 58.6 Å². The fraction of sp³-hybridized carbons (Fsp3) is 0.636. The minimum absolute atomic E-state index is 0. The van der Waals surface area contributed by atoms with Gasteiger partial charge in [-0.2, -0.15) is 0 Å². The van der Waals surface area contributed by atoms with Crippen LogP contribution in [0.3, 0.4) is 0 Å². The number of benzene rings is 1. The Morgan fingerprint density at radius 3 is 2.37 bits per heavy atom. The van der Waals surface area contributed by atoms with Crippen molar-refractivity contribution in [1.29, 1.82) is 0 Å². The van der Waals surface area contributed by atoms with Crippen molar-refractivity contribution >= 4 is 47.4 Å². The molecule has 1 aliphatic heterocycles. The van der Waals surface area contributed by atoms with Gasteiger partial charge in [0.2, 0.25) is 5.91 Å². The first-order valence-corrected chi connectivity index (χ1v) is 11.0. The molecule has 1 saturated heterocycles. The highest BCUT2D eigenvalue weighted by molar-refractivity contribution is 14.0. The number of amides is 1. The number of nitrogens with zero attached hydrogens (tertiary/aromatic N) is 2. The number of hydrogen-bond donors (Lipinski definition) is 2. The number of aliphatic imine (C=N–C) groups is 1. The highest BCUT2D eigenvalue weighted by Crippen LogP contribution is 2.18. The van der Waals surface area contributed by atoms with Gasteiger partial charge in [-0.1, -0.05) is 25.4 Å². The molecule has 1 heterocycles. The van der Waals surface area contributed by atoms with Crippen molar-refractivity contribution in [3.05, 3.63) is 29.3 Å². The summed E-state index contributed by atoms with van der Waals surface area (Å²) >= 11 is 5.91. The van der Waals surface area contributed by atoms with E-state index < -0.39 is 0 Å². The van der Waals surface area contributed by atoms with E-state index in [9.17, 15) is 4.79 Å². The Morgan fingerprint density at radius 2 is 1.83 bits per heavy atom. The molecule has 0 aromatic heterocycles. The van der Waals surface area contributed by atoms with Crippen molar-refractivity contribution in [2.75, 3.05) is 26.7 Å². The van der Waals surface area contributed by atoms with Crippen molar-refractivity contribution in [3.63, 3.8) is 0 Å². The Labute approximate surface area is 203 Å². The predicted molar refractivity (Wildman–Crippen MR) is 135 cm³/mol. The molecule has 170 valence electrons. The van der Waals surface area contributed by atoms with Gasteiger partial charge in [-0.25, -0.2) is 0 Å². The van der Waals surface area contributed by atoms with Gasteiger partial charge >= 0.3 is 0 Å². The molecule has 0 radical (unpaired) electrons. The number of carbonyl (C=O) groups is 1. The van der Waals surface area contributed by atoms with Crippen LogP contribution >= 0.6 is 35.6 Å². The molecular weight excluding hydrogens is 515 g/mol. The van der Waals surface area contributed by atoms with Gasteiger partial charge in [0.15, 0.2) is 5.96 Å². The molecule has 1 aromatic rings. The molecule has 1 fully saturated rings. The van der Waals surface area contributed by atoms with Crippen molar-refractivity contribution in [3.8, 4) is 5.75 Å². The summed E-state index contributed by atoms with van der Waals surface area (Å²) in [5.41, 5.74) is 0. The summed E-state index contributed by atoms with van der Waals surface area (Å²) < 4.78 is 5.89. The number of nitrogens with one attached hydrogen (secondary N) is 2. The van der Waals surface area contributed by atoms with Crippen LogP contribution in [0.1, 0.15) is 46.5 Å². The summed E-state index contributed by atoms with van der Waals surface area (Å²) in [6.07, 6.45) is 3.68. The summed E-state index contributed by atoms with van der Waals surface area (Å²) in [5.74, 6) is 2.03. The molecule has 0 saturated carbocycles. The first kappa shape index (κ1) is 26.8. The molecule has 1 atom stereocenters. The Bertz CT molecular complexity index is 660. The third kappa shape index (κ3) is 8.49. The topological polar surface area (TPSA) is 66.0 Å². The van der Waals surface area contributed by atoms with E-state index in [1.807, 2.05) is 36.1 Å². The lowest BCUT2D eigenvalue weighted by atomic mass is 9.98. The lowest BCUT2D eigenvalue weighted by Crippen LogP contribution is -2.51. The molecule has 8 heteroatoms. The number of likely N-dealkylation sites (tertiary alicyclic amines) is 1. The van der Waals surface area contributed by atoms with E-state index in [-0.39, 0.29) is 36.0 Å². The maximum Gasteiger partial charge on any atom is 0.225 e. The van der Waals surface area contributed by atoms with E-state index in [0.29, 0.717) is 23.5 Å². The summed E-state index contributed by atoms with van der Waals surface area (Å²) in [7, 11) is 1.77. The Balaban J connectivity index is 0.00000450. The Hall–Kier alpha value is -1.22. The highest BCUT2D eigenvalue weighted by Gasteiger charge is 2.26. The molecule has 30 heavy (non-hydrogen) atoms. The van der Waals surface area contributed by atoms with Gasteiger partial charge in [0.25, 0.3) is 0 Å². The molecule has 6 nitrogen and oxygen atoms in total. The lowest BCUT2D eigenvalue weighted by Gasteiger charge is -2.35. The van der Waals surface area contributed by atoms with E-state index >= 15 is 0 Å². The maximum atomic E-state index is 12.5. The molecule has 0 bridgehead atoms. The SMILES string of the molecule is CCC(CC)C(=O)N1CCC(NC(=NC)NCC(C)Oc2ccc(Cl)cc2)CC1.I. The van der Waals surface area contributed by atoms with Crippen LogP contribution in [0, 0.1) is 5.92 Å². The monoisotopic (exact) mass is 550 g/mol. The van der Waals surface area contributed by atoms with Gasteiger partial charge in [-0.05, 0) is 56.9 Å². The zero-order valence-electron chi connectivity index (χ0n) is 18.5. The molecule has 2 rings (SSSR count). The fourth-order valence-electron chi connectivity index (χ4n) is 3.56. The number of halogens is 2. The molecule has 1 aliphatic rings. The first-order valence-electron chi connectivity index (χ1n) is 10.6. The molecule has 1 amide bonds. The zero-order chi connectivity index (χ0) is 21.2. The number of ether oxygens (including phenoxy) is 1. The van der Waals surface area contributed by atoms with Crippen LogP contribution < -0.4 is 15.4 Å². The normalized spacial score (nSPS) is 16.1. The van der Waals surface area contributed by atoms with Crippen LogP contribution in [0.2, 0.25) is 5.02 Å².